The highest BCUT2D eigenvalue weighted by atomic mass is 15.0. The number of hydrogen-bond donors (Lipinski definition) is 0. The monoisotopic (exact) mass is 119 g/mol. The minimum Gasteiger partial charge on any atom is -0.276 e. The van der Waals surface area contributed by atoms with Crippen molar-refractivity contribution in [1.29, 1.82) is 0 Å². The van der Waals surface area contributed by atoms with Crippen molar-refractivity contribution in [3.8, 4) is 0 Å². The molecule has 3 nitrogen and oxygen atoms in total. The van der Waals surface area contributed by atoms with Crippen molar-refractivity contribution in [2.75, 3.05) is 6.54 Å². The van der Waals surface area contributed by atoms with Crippen LogP contribution in [0.4, 0.5) is 0 Å². The average Bonchev–Trinajstić information content (AvgIpc) is 2.33. The Hall–Kier alpha value is -1.25. The number of hydrogen-bond acceptors (Lipinski definition) is 3. The standard InChI is InChI=1S/C6H5N3/c1-2-8-6-5(1)7-3-4-9-6/h1-2,4H,3H2. The van der Waals surface area contributed by atoms with Crippen molar-refractivity contribution in [3.05, 3.63) is 12.3 Å². The number of aliphatic imine (C=N–C) groups is 3. The first-order chi connectivity index (χ1) is 4.47. The molecular weight excluding hydrogens is 114 g/mol. The third-order valence-corrected chi connectivity index (χ3v) is 1.22. The molecule has 0 unspecified atom stereocenters. The summed E-state index contributed by atoms with van der Waals surface area (Å²) in [5, 5.41) is 0. The first kappa shape index (κ1) is 4.61. The molecule has 0 saturated heterocycles. The summed E-state index contributed by atoms with van der Waals surface area (Å²) in [5.41, 5.74) is 0.914. The molecule has 2 aliphatic rings. The third kappa shape index (κ3) is 0.614. The van der Waals surface area contributed by atoms with Gasteiger partial charge < -0.3 is 0 Å². The Labute approximate surface area is 52.5 Å². The van der Waals surface area contributed by atoms with Gasteiger partial charge in [0, 0.05) is 12.4 Å². The van der Waals surface area contributed by atoms with Crippen molar-refractivity contribution in [2.45, 2.75) is 0 Å². The molecule has 0 aliphatic carbocycles. The maximum absolute atomic E-state index is 4.14. The second-order valence-corrected chi connectivity index (χ2v) is 1.81. The summed E-state index contributed by atoms with van der Waals surface area (Å²) in [6.45, 7) is 0.693. The molecule has 9 heavy (non-hydrogen) atoms. The lowest BCUT2D eigenvalue weighted by atomic mass is 10.3. The summed E-state index contributed by atoms with van der Waals surface area (Å²) in [4.78, 5) is 12.1. The molecule has 0 atom stereocenters. The fourth-order valence-corrected chi connectivity index (χ4v) is 0.808. The van der Waals surface area contributed by atoms with Crippen LogP contribution in [-0.4, -0.2) is 24.3 Å². The summed E-state index contributed by atoms with van der Waals surface area (Å²) in [7, 11) is 0. The van der Waals surface area contributed by atoms with Crippen LogP contribution in [0.15, 0.2) is 27.3 Å². The number of rotatable bonds is 0. The van der Waals surface area contributed by atoms with E-state index in [1.165, 1.54) is 0 Å². The van der Waals surface area contributed by atoms with Gasteiger partial charge in [-0.15, -0.1) is 0 Å². The van der Waals surface area contributed by atoms with Crippen LogP contribution in [0.5, 0.6) is 0 Å². The Kier molecular flexibility index (Phi) is 0.828. The number of fused-ring (bicyclic) bond motifs is 1. The first-order valence-electron chi connectivity index (χ1n) is 2.78. The van der Waals surface area contributed by atoms with Crippen molar-refractivity contribution >= 4 is 17.8 Å². The molecule has 0 saturated carbocycles. The second kappa shape index (κ2) is 1.62. The molecule has 0 amide bonds. The SMILES string of the molecule is C1=CC2=NCC=NC2=N1. The predicted molar refractivity (Wildman–Crippen MR) is 37.4 cm³/mol. The van der Waals surface area contributed by atoms with Gasteiger partial charge in [-0.05, 0) is 6.08 Å². The summed E-state index contributed by atoms with van der Waals surface area (Å²) in [6, 6.07) is 0. The van der Waals surface area contributed by atoms with E-state index in [9.17, 15) is 0 Å². The summed E-state index contributed by atoms with van der Waals surface area (Å²) < 4.78 is 0. The van der Waals surface area contributed by atoms with Crippen LogP contribution in [0, 0.1) is 0 Å². The molecule has 0 aromatic rings. The smallest absolute Gasteiger partial charge is 0.177 e. The number of nitrogens with zero attached hydrogens (tertiary/aromatic N) is 3. The molecule has 0 bridgehead atoms. The van der Waals surface area contributed by atoms with Crippen LogP contribution < -0.4 is 0 Å². The quantitative estimate of drug-likeness (QED) is 0.443. The molecule has 0 aromatic heterocycles. The van der Waals surface area contributed by atoms with Gasteiger partial charge in [-0.25, -0.2) is 9.98 Å². The van der Waals surface area contributed by atoms with E-state index in [2.05, 4.69) is 15.0 Å². The third-order valence-electron chi connectivity index (χ3n) is 1.22. The normalized spacial score (nSPS) is 21.3. The van der Waals surface area contributed by atoms with Crippen molar-refractivity contribution in [3.63, 3.8) is 0 Å². The van der Waals surface area contributed by atoms with Gasteiger partial charge in [-0.2, -0.15) is 0 Å². The van der Waals surface area contributed by atoms with Crippen molar-refractivity contribution < 1.29 is 0 Å². The van der Waals surface area contributed by atoms with Gasteiger partial charge in [0.2, 0.25) is 0 Å². The van der Waals surface area contributed by atoms with Gasteiger partial charge in [0.05, 0.1) is 6.54 Å². The van der Waals surface area contributed by atoms with Gasteiger partial charge >= 0.3 is 0 Å². The lowest BCUT2D eigenvalue weighted by Gasteiger charge is -1.98. The molecule has 0 fully saturated rings. The van der Waals surface area contributed by atoms with Gasteiger partial charge in [-0.3, -0.25) is 4.99 Å². The minimum absolute atomic E-state index is 0.693. The highest BCUT2D eigenvalue weighted by Gasteiger charge is 2.09. The summed E-state index contributed by atoms with van der Waals surface area (Å²) in [6.07, 6.45) is 5.35. The molecule has 0 radical (unpaired) electrons. The predicted octanol–water partition coefficient (Wildman–Crippen LogP) is 0.438. The zero-order chi connectivity index (χ0) is 6.10. The Bertz CT molecular complexity index is 245. The van der Waals surface area contributed by atoms with Crippen LogP contribution in [0.1, 0.15) is 0 Å². The molecule has 3 heteroatoms. The Morgan fingerprint density at radius 3 is 3.33 bits per heavy atom. The minimum atomic E-state index is 0.693. The molecular formula is C6H5N3. The van der Waals surface area contributed by atoms with E-state index in [1.54, 1.807) is 12.4 Å². The van der Waals surface area contributed by atoms with Crippen LogP contribution in [0.25, 0.3) is 0 Å². The molecule has 0 aromatic carbocycles. The molecule has 2 aliphatic heterocycles. The molecule has 44 valence electrons. The van der Waals surface area contributed by atoms with Crippen molar-refractivity contribution in [2.24, 2.45) is 15.0 Å². The molecule has 0 spiro atoms. The van der Waals surface area contributed by atoms with E-state index in [1.807, 2.05) is 6.08 Å². The fourth-order valence-electron chi connectivity index (χ4n) is 0.808. The molecule has 2 heterocycles. The first-order valence-corrected chi connectivity index (χ1v) is 2.78. The second-order valence-electron chi connectivity index (χ2n) is 1.81. The largest absolute Gasteiger partial charge is 0.276 e. The van der Waals surface area contributed by atoms with E-state index in [-0.39, 0.29) is 0 Å². The van der Waals surface area contributed by atoms with E-state index in [0.717, 1.165) is 11.5 Å². The average molecular weight is 119 g/mol. The fraction of sp³-hybridized carbons (Fsp3) is 0.167. The van der Waals surface area contributed by atoms with Gasteiger partial charge in [0.25, 0.3) is 0 Å². The molecule has 2 rings (SSSR count). The summed E-state index contributed by atoms with van der Waals surface area (Å²) in [5.74, 6) is 0.751. The van der Waals surface area contributed by atoms with Crippen LogP contribution in [0.2, 0.25) is 0 Å². The van der Waals surface area contributed by atoms with Gasteiger partial charge in [0.1, 0.15) is 5.71 Å². The lowest BCUT2D eigenvalue weighted by Crippen LogP contribution is -2.11. The maximum atomic E-state index is 4.14. The van der Waals surface area contributed by atoms with E-state index in [0.29, 0.717) is 6.54 Å². The zero-order valence-electron chi connectivity index (χ0n) is 4.78. The highest BCUT2D eigenvalue weighted by Crippen LogP contribution is 2.01. The van der Waals surface area contributed by atoms with Crippen molar-refractivity contribution in [1.82, 2.24) is 0 Å². The van der Waals surface area contributed by atoms with Crippen LogP contribution in [-0.2, 0) is 0 Å². The van der Waals surface area contributed by atoms with E-state index >= 15 is 0 Å². The van der Waals surface area contributed by atoms with Gasteiger partial charge in [-0.1, -0.05) is 0 Å². The van der Waals surface area contributed by atoms with E-state index in [4.69, 9.17) is 0 Å². The summed E-state index contributed by atoms with van der Waals surface area (Å²) >= 11 is 0. The Morgan fingerprint density at radius 1 is 1.44 bits per heavy atom. The number of amidine groups is 1. The lowest BCUT2D eigenvalue weighted by molar-refractivity contribution is 1.31. The van der Waals surface area contributed by atoms with Crippen LogP contribution in [0.3, 0.4) is 0 Å². The topological polar surface area (TPSA) is 37.1 Å². The Balaban J connectivity index is 2.46. The Morgan fingerprint density at radius 2 is 2.44 bits per heavy atom. The van der Waals surface area contributed by atoms with E-state index < -0.39 is 0 Å². The van der Waals surface area contributed by atoms with Gasteiger partial charge in [0.15, 0.2) is 5.84 Å². The molecule has 0 N–H and O–H groups in total. The zero-order valence-corrected chi connectivity index (χ0v) is 4.78. The maximum Gasteiger partial charge on any atom is 0.177 e. The van der Waals surface area contributed by atoms with Crippen LogP contribution >= 0.6 is 0 Å². The highest BCUT2D eigenvalue weighted by molar-refractivity contribution is 6.49.